The van der Waals surface area contributed by atoms with Crippen LogP contribution in [0.3, 0.4) is 0 Å². The number of anilines is 1. The van der Waals surface area contributed by atoms with Gasteiger partial charge in [0, 0.05) is 23.9 Å². The summed E-state index contributed by atoms with van der Waals surface area (Å²) < 4.78 is 30.6. The molecule has 1 fully saturated rings. The van der Waals surface area contributed by atoms with Gasteiger partial charge in [0.2, 0.25) is 0 Å². The molecule has 0 bridgehead atoms. The SMILES string of the molecule is CC(C)(C)OC(=O)N(c1cc(-c2cccc(CS(C)(=O)=O)c2)nc2c(C=O)cnn12)C1CC1. The molecule has 0 aliphatic heterocycles. The van der Waals surface area contributed by atoms with Crippen LogP contribution in [-0.2, 0) is 20.3 Å². The summed E-state index contributed by atoms with van der Waals surface area (Å²) in [6.07, 6.45) is 4.39. The zero-order valence-electron chi connectivity index (χ0n) is 19.0. The van der Waals surface area contributed by atoms with Crippen molar-refractivity contribution >= 4 is 33.7 Å². The fourth-order valence-corrected chi connectivity index (χ4v) is 4.35. The van der Waals surface area contributed by atoms with Crippen LogP contribution in [0.25, 0.3) is 16.9 Å². The van der Waals surface area contributed by atoms with E-state index >= 15 is 0 Å². The number of nitrogens with zero attached hydrogens (tertiary/aromatic N) is 4. The van der Waals surface area contributed by atoms with E-state index in [1.54, 1.807) is 56.0 Å². The van der Waals surface area contributed by atoms with Crippen molar-refractivity contribution in [2.45, 2.75) is 51.0 Å². The first-order chi connectivity index (χ1) is 15.4. The fraction of sp³-hybridized carbons (Fsp3) is 0.391. The van der Waals surface area contributed by atoms with Crippen LogP contribution >= 0.6 is 0 Å². The summed E-state index contributed by atoms with van der Waals surface area (Å²) in [7, 11) is -3.22. The van der Waals surface area contributed by atoms with Gasteiger partial charge in [-0.2, -0.15) is 9.61 Å². The molecular formula is C23H26N4O5S. The van der Waals surface area contributed by atoms with Crippen LogP contribution in [0.2, 0.25) is 0 Å². The molecule has 1 aromatic carbocycles. The second kappa shape index (κ2) is 8.26. The second-order valence-electron chi connectivity index (χ2n) is 9.30. The normalized spacial score (nSPS) is 14.3. The third-order valence-electron chi connectivity index (χ3n) is 5.01. The Hall–Kier alpha value is -3.27. The smallest absolute Gasteiger partial charge is 0.416 e. The lowest BCUT2D eigenvalue weighted by molar-refractivity contribution is 0.0575. The van der Waals surface area contributed by atoms with Gasteiger partial charge < -0.3 is 4.74 Å². The van der Waals surface area contributed by atoms with Crippen LogP contribution in [0.4, 0.5) is 10.6 Å². The first kappa shape index (κ1) is 22.9. The topological polar surface area (TPSA) is 111 Å². The molecular weight excluding hydrogens is 444 g/mol. The lowest BCUT2D eigenvalue weighted by Gasteiger charge is -2.27. The Morgan fingerprint density at radius 2 is 2.00 bits per heavy atom. The van der Waals surface area contributed by atoms with Gasteiger partial charge in [0.05, 0.1) is 23.2 Å². The zero-order valence-corrected chi connectivity index (χ0v) is 19.8. The van der Waals surface area contributed by atoms with Crippen molar-refractivity contribution in [3.05, 3.63) is 47.7 Å². The van der Waals surface area contributed by atoms with E-state index in [4.69, 9.17) is 4.74 Å². The number of rotatable bonds is 6. The number of ether oxygens (including phenoxy) is 1. The van der Waals surface area contributed by atoms with E-state index in [0.29, 0.717) is 34.6 Å². The van der Waals surface area contributed by atoms with Gasteiger partial charge in [-0.1, -0.05) is 18.2 Å². The average Bonchev–Trinajstić information content (AvgIpc) is 3.43. The monoisotopic (exact) mass is 470 g/mol. The molecule has 10 heteroatoms. The summed E-state index contributed by atoms with van der Waals surface area (Å²) in [4.78, 5) is 30.9. The Balaban J connectivity index is 1.87. The summed E-state index contributed by atoms with van der Waals surface area (Å²) in [5.41, 5.74) is 1.68. The molecule has 2 heterocycles. The molecule has 174 valence electrons. The lowest BCUT2D eigenvalue weighted by Crippen LogP contribution is -2.39. The molecule has 0 atom stereocenters. The van der Waals surface area contributed by atoms with E-state index in [-0.39, 0.29) is 17.4 Å². The highest BCUT2D eigenvalue weighted by Gasteiger charge is 2.38. The second-order valence-corrected chi connectivity index (χ2v) is 11.4. The van der Waals surface area contributed by atoms with Crippen molar-refractivity contribution in [2.75, 3.05) is 11.2 Å². The van der Waals surface area contributed by atoms with Crippen molar-refractivity contribution in [1.82, 2.24) is 14.6 Å². The number of aromatic nitrogens is 3. The molecule has 2 aromatic heterocycles. The van der Waals surface area contributed by atoms with Gasteiger partial charge in [0.15, 0.2) is 21.8 Å². The minimum atomic E-state index is -3.22. The standard InChI is InChI=1S/C23H26N4O5S/c1-23(2,3)32-22(29)26(18-8-9-18)20-11-19(25-21-17(13-28)12-24-27(20)21)16-7-5-6-15(10-16)14-33(4,30)31/h5-7,10-13,18H,8-9,14H2,1-4H3. The summed E-state index contributed by atoms with van der Waals surface area (Å²) in [6, 6.07) is 8.72. The quantitative estimate of drug-likeness (QED) is 0.506. The van der Waals surface area contributed by atoms with E-state index in [2.05, 4.69) is 10.1 Å². The van der Waals surface area contributed by atoms with Gasteiger partial charge in [-0.25, -0.2) is 18.2 Å². The summed E-state index contributed by atoms with van der Waals surface area (Å²) >= 11 is 0. The van der Waals surface area contributed by atoms with Gasteiger partial charge in [-0.15, -0.1) is 0 Å². The minimum Gasteiger partial charge on any atom is -0.443 e. The molecule has 9 nitrogen and oxygen atoms in total. The molecule has 1 aliphatic carbocycles. The molecule has 0 unspecified atom stereocenters. The predicted octanol–water partition coefficient (Wildman–Crippen LogP) is 3.66. The van der Waals surface area contributed by atoms with Crippen LogP contribution in [-0.4, -0.2) is 53.3 Å². The highest BCUT2D eigenvalue weighted by Crippen LogP contribution is 2.35. The van der Waals surface area contributed by atoms with Gasteiger partial charge in [-0.3, -0.25) is 9.69 Å². The number of hydrogen-bond acceptors (Lipinski definition) is 7. The van der Waals surface area contributed by atoms with E-state index in [0.717, 1.165) is 12.8 Å². The summed E-state index contributed by atoms with van der Waals surface area (Å²) in [5, 5.41) is 4.29. The van der Waals surface area contributed by atoms with E-state index in [9.17, 15) is 18.0 Å². The number of amides is 1. The maximum atomic E-state index is 13.1. The van der Waals surface area contributed by atoms with Crippen LogP contribution in [0.1, 0.15) is 49.5 Å². The minimum absolute atomic E-state index is 0.0428. The van der Waals surface area contributed by atoms with Gasteiger partial charge in [0.1, 0.15) is 11.4 Å². The van der Waals surface area contributed by atoms with E-state index < -0.39 is 21.5 Å². The number of carbonyl (C=O) groups is 2. The molecule has 1 amide bonds. The highest BCUT2D eigenvalue weighted by atomic mass is 32.2. The van der Waals surface area contributed by atoms with Crippen LogP contribution in [0.15, 0.2) is 36.5 Å². The van der Waals surface area contributed by atoms with E-state index in [1.165, 1.54) is 17.0 Å². The molecule has 4 rings (SSSR count). The zero-order chi connectivity index (χ0) is 24.0. The van der Waals surface area contributed by atoms with Gasteiger partial charge in [-0.05, 0) is 45.2 Å². The van der Waals surface area contributed by atoms with E-state index in [1.807, 2.05) is 0 Å². The number of benzene rings is 1. The number of sulfone groups is 1. The first-order valence-electron chi connectivity index (χ1n) is 10.6. The Morgan fingerprint density at radius 1 is 1.27 bits per heavy atom. The number of hydrogen-bond donors (Lipinski definition) is 0. The highest BCUT2D eigenvalue weighted by molar-refractivity contribution is 7.89. The predicted molar refractivity (Wildman–Crippen MR) is 124 cm³/mol. The van der Waals surface area contributed by atoms with Crippen molar-refractivity contribution in [1.29, 1.82) is 0 Å². The van der Waals surface area contributed by atoms with Gasteiger partial charge >= 0.3 is 6.09 Å². The maximum absolute atomic E-state index is 13.1. The lowest BCUT2D eigenvalue weighted by atomic mass is 10.1. The molecule has 0 saturated heterocycles. The Bertz CT molecular complexity index is 1340. The molecule has 1 aliphatic rings. The molecule has 0 spiro atoms. The molecule has 0 radical (unpaired) electrons. The molecule has 1 saturated carbocycles. The number of aldehydes is 1. The third kappa shape index (κ3) is 5.22. The van der Waals surface area contributed by atoms with Crippen molar-refractivity contribution < 1.29 is 22.7 Å². The third-order valence-corrected chi connectivity index (χ3v) is 5.87. The van der Waals surface area contributed by atoms with Crippen molar-refractivity contribution in [2.24, 2.45) is 0 Å². The molecule has 3 aromatic rings. The fourth-order valence-electron chi connectivity index (χ4n) is 3.56. The largest absolute Gasteiger partial charge is 0.443 e. The number of carbonyl (C=O) groups excluding carboxylic acids is 2. The Kier molecular flexibility index (Phi) is 5.73. The average molecular weight is 471 g/mol. The Morgan fingerprint density at radius 3 is 2.61 bits per heavy atom. The van der Waals surface area contributed by atoms with Gasteiger partial charge in [0.25, 0.3) is 0 Å². The summed E-state index contributed by atoms with van der Waals surface area (Å²) in [6.45, 7) is 5.40. The first-order valence-corrected chi connectivity index (χ1v) is 12.6. The summed E-state index contributed by atoms with van der Waals surface area (Å²) in [5.74, 6) is 0.335. The van der Waals surface area contributed by atoms with Crippen LogP contribution in [0, 0.1) is 0 Å². The van der Waals surface area contributed by atoms with Crippen LogP contribution < -0.4 is 4.90 Å². The van der Waals surface area contributed by atoms with Crippen molar-refractivity contribution in [3.63, 3.8) is 0 Å². The Labute approximate surface area is 192 Å². The molecule has 0 N–H and O–H groups in total. The van der Waals surface area contributed by atoms with Crippen LogP contribution in [0.5, 0.6) is 0 Å². The maximum Gasteiger partial charge on any atom is 0.416 e. The molecule has 33 heavy (non-hydrogen) atoms. The number of fused-ring (bicyclic) bond motifs is 1. The van der Waals surface area contributed by atoms with Crippen molar-refractivity contribution in [3.8, 4) is 11.3 Å².